The topological polar surface area (TPSA) is 26.3 Å². The van der Waals surface area contributed by atoms with Gasteiger partial charge < -0.3 is 4.74 Å². The van der Waals surface area contributed by atoms with Crippen molar-refractivity contribution in [1.82, 2.24) is 0 Å². The van der Waals surface area contributed by atoms with E-state index in [0.717, 1.165) is 16.7 Å². The van der Waals surface area contributed by atoms with E-state index in [4.69, 9.17) is 4.74 Å². The normalized spacial score (nSPS) is 10.3. The van der Waals surface area contributed by atoms with Gasteiger partial charge in [0.25, 0.3) is 0 Å². The fourth-order valence-electron chi connectivity index (χ4n) is 2.07. The molecule has 19 heavy (non-hydrogen) atoms. The van der Waals surface area contributed by atoms with Crippen LogP contribution in [-0.4, -0.2) is 5.97 Å². The fourth-order valence-corrected chi connectivity index (χ4v) is 2.07. The van der Waals surface area contributed by atoms with Crippen LogP contribution in [-0.2, 0) is 0 Å². The van der Waals surface area contributed by atoms with Gasteiger partial charge in [0.15, 0.2) is 0 Å². The Morgan fingerprint density at radius 2 is 1.53 bits per heavy atom. The molecule has 0 heterocycles. The van der Waals surface area contributed by atoms with Gasteiger partial charge >= 0.3 is 5.97 Å². The smallest absolute Gasteiger partial charge is 0.343 e. The van der Waals surface area contributed by atoms with Crippen molar-refractivity contribution in [1.29, 1.82) is 0 Å². The number of carbonyl (C=O) groups is 1. The van der Waals surface area contributed by atoms with Crippen molar-refractivity contribution in [2.24, 2.45) is 0 Å². The zero-order chi connectivity index (χ0) is 14.0. The summed E-state index contributed by atoms with van der Waals surface area (Å²) in [6.07, 6.45) is 0. The number of hydrogen-bond acceptors (Lipinski definition) is 2. The van der Waals surface area contributed by atoms with Crippen molar-refractivity contribution in [3.05, 3.63) is 64.5 Å². The van der Waals surface area contributed by atoms with Crippen LogP contribution in [0.25, 0.3) is 0 Å². The summed E-state index contributed by atoms with van der Waals surface area (Å²) < 4.78 is 18.2. The monoisotopic (exact) mass is 258 g/mol. The van der Waals surface area contributed by atoms with Gasteiger partial charge in [-0.15, -0.1) is 0 Å². The van der Waals surface area contributed by atoms with Gasteiger partial charge in [0.05, 0.1) is 5.56 Å². The van der Waals surface area contributed by atoms with Gasteiger partial charge in [0.2, 0.25) is 0 Å². The predicted octanol–water partition coefficient (Wildman–Crippen LogP) is 3.97. The highest BCUT2D eigenvalue weighted by atomic mass is 19.1. The highest BCUT2D eigenvalue weighted by Gasteiger charge is 2.12. The molecule has 0 unspecified atom stereocenters. The molecule has 0 amide bonds. The van der Waals surface area contributed by atoms with Crippen molar-refractivity contribution >= 4 is 5.97 Å². The average molecular weight is 258 g/mol. The van der Waals surface area contributed by atoms with Gasteiger partial charge in [-0.1, -0.05) is 17.7 Å². The van der Waals surface area contributed by atoms with E-state index in [-0.39, 0.29) is 5.82 Å². The fraction of sp³-hybridized carbons (Fsp3) is 0.188. The number of carbonyl (C=O) groups excluding carboxylic acids is 1. The Morgan fingerprint density at radius 1 is 1.00 bits per heavy atom. The maximum Gasteiger partial charge on any atom is 0.343 e. The molecule has 0 bridgehead atoms. The zero-order valence-corrected chi connectivity index (χ0v) is 11.2. The summed E-state index contributed by atoms with van der Waals surface area (Å²) >= 11 is 0. The minimum absolute atomic E-state index is 0.334. The van der Waals surface area contributed by atoms with Crippen molar-refractivity contribution in [3.63, 3.8) is 0 Å². The molecule has 0 aliphatic rings. The lowest BCUT2D eigenvalue weighted by atomic mass is 10.1. The summed E-state index contributed by atoms with van der Waals surface area (Å²) in [5.74, 6) is -0.283. The second-order valence-corrected chi connectivity index (χ2v) is 4.62. The Kier molecular flexibility index (Phi) is 3.65. The molecule has 0 N–H and O–H groups in total. The molecule has 2 aromatic carbocycles. The summed E-state index contributed by atoms with van der Waals surface area (Å²) in [6.45, 7) is 5.78. The standard InChI is InChI=1S/C16H15FO2/c1-10-8-11(2)15(12(3)9-10)19-16(18)13-4-6-14(17)7-5-13/h4-9H,1-3H3. The van der Waals surface area contributed by atoms with Gasteiger partial charge in [-0.05, 0) is 56.2 Å². The number of esters is 1. The van der Waals surface area contributed by atoms with Crippen LogP contribution in [0.5, 0.6) is 5.75 Å². The van der Waals surface area contributed by atoms with Crippen LogP contribution < -0.4 is 4.74 Å². The lowest BCUT2D eigenvalue weighted by Crippen LogP contribution is -2.10. The minimum atomic E-state index is -0.477. The quantitative estimate of drug-likeness (QED) is 0.601. The molecule has 0 radical (unpaired) electrons. The van der Waals surface area contributed by atoms with Crippen LogP contribution in [0.4, 0.5) is 4.39 Å². The SMILES string of the molecule is Cc1cc(C)c(OC(=O)c2ccc(F)cc2)c(C)c1. The first-order valence-corrected chi connectivity index (χ1v) is 6.03. The molecule has 2 rings (SSSR count). The predicted molar refractivity (Wildman–Crippen MR) is 72.0 cm³/mol. The highest BCUT2D eigenvalue weighted by Crippen LogP contribution is 2.25. The van der Waals surface area contributed by atoms with Gasteiger partial charge in [0, 0.05) is 0 Å². The largest absolute Gasteiger partial charge is 0.422 e. The summed E-state index contributed by atoms with van der Waals surface area (Å²) in [7, 11) is 0. The van der Waals surface area contributed by atoms with E-state index < -0.39 is 5.97 Å². The van der Waals surface area contributed by atoms with E-state index in [2.05, 4.69) is 0 Å². The van der Waals surface area contributed by atoms with Gasteiger partial charge in [0.1, 0.15) is 11.6 Å². The molecule has 0 fully saturated rings. The molecule has 0 saturated heterocycles. The average Bonchev–Trinajstić information content (AvgIpc) is 2.34. The number of hydrogen-bond donors (Lipinski definition) is 0. The molecule has 0 atom stereocenters. The second-order valence-electron chi connectivity index (χ2n) is 4.62. The Morgan fingerprint density at radius 3 is 2.05 bits per heavy atom. The van der Waals surface area contributed by atoms with Crippen LogP contribution in [0, 0.1) is 26.6 Å². The van der Waals surface area contributed by atoms with Crippen molar-refractivity contribution < 1.29 is 13.9 Å². The molecule has 3 heteroatoms. The Labute approximate surface area is 111 Å². The van der Waals surface area contributed by atoms with Gasteiger partial charge in [-0.3, -0.25) is 0 Å². The third kappa shape index (κ3) is 2.99. The molecular formula is C16H15FO2. The first-order chi connectivity index (χ1) is 8.97. The van der Waals surface area contributed by atoms with Crippen LogP contribution in [0.2, 0.25) is 0 Å². The third-order valence-electron chi connectivity index (χ3n) is 2.88. The number of ether oxygens (including phenoxy) is 1. The molecule has 0 spiro atoms. The molecule has 0 aromatic heterocycles. The second kappa shape index (κ2) is 5.22. The van der Waals surface area contributed by atoms with Crippen LogP contribution >= 0.6 is 0 Å². The van der Waals surface area contributed by atoms with E-state index in [9.17, 15) is 9.18 Å². The van der Waals surface area contributed by atoms with Crippen molar-refractivity contribution in [3.8, 4) is 5.75 Å². The molecule has 0 aliphatic carbocycles. The van der Waals surface area contributed by atoms with E-state index >= 15 is 0 Å². The number of benzene rings is 2. The van der Waals surface area contributed by atoms with E-state index in [1.807, 2.05) is 32.9 Å². The molecule has 2 aromatic rings. The molecule has 98 valence electrons. The van der Waals surface area contributed by atoms with Gasteiger partial charge in [-0.25, -0.2) is 9.18 Å². The first kappa shape index (κ1) is 13.3. The zero-order valence-electron chi connectivity index (χ0n) is 11.2. The first-order valence-electron chi connectivity index (χ1n) is 6.03. The summed E-state index contributed by atoms with van der Waals surface area (Å²) in [4.78, 5) is 12.0. The highest BCUT2D eigenvalue weighted by molar-refractivity contribution is 5.91. The van der Waals surface area contributed by atoms with E-state index in [1.54, 1.807) is 0 Å². The third-order valence-corrected chi connectivity index (χ3v) is 2.88. The number of rotatable bonds is 2. The molecule has 2 nitrogen and oxygen atoms in total. The van der Waals surface area contributed by atoms with Crippen LogP contribution in [0.1, 0.15) is 27.0 Å². The van der Waals surface area contributed by atoms with E-state index in [0.29, 0.717) is 11.3 Å². The lowest BCUT2D eigenvalue weighted by Gasteiger charge is -2.11. The Bertz CT molecular complexity index is 592. The van der Waals surface area contributed by atoms with Crippen molar-refractivity contribution in [2.45, 2.75) is 20.8 Å². The Hall–Kier alpha value is -2.16. The van der Waals surface area contributed by atoms with E-state index in [1.165, 1.54) is 24.3 Å². The number of aryl methyl sites for hydroxylation is 3. The van der Waals surface area contributed by atoms with Crippen LogP contribution in [0.3, 0.4) is 0 Å². The summed E-state index contributed by atoms with van der Waals surface area (Å²) in [5.41, 5.74) is 3.28. The van der Waals surface area contributed by atoms with Crippen molar-refractivity contribution in [2.75, 3.05) is 0 Å². The summed E-state index contributed by atoms with van der Waals surface area (Å²) in [5, 5.41) is 0. The maximum atomic E-state index is 12.8. The molecule has 0 saturated carbocycles. The summed E-state index contributed by atoms with van der Waals surface area (Å²) in [6, 6.07) is 9.23. The van der Waals surface area contributed by atoms with Gasteiger partial charge in [-0.2, -0.15) is 0 Å². The minimum Gasteiger partial charge on any atom is -0.422 e. The molecule has 0 aliphatic heterocycles. The van der Waals surface area contributed by atoms with Crippen LogP contribution in [0.15, 0.2) is 36.4 Å². The molecular weight excluding hydrogens is 243 g/mol. The Balaban J connectivity index is 2.26. The number of halogens is 1. The lowest BCUT2D eigenvalue weighted by molar-refractivity contribution is 0.0732. The maximum absolute atomic E-state index is 12.8.